The van der Waals surface area contributed by atoms with Crippen molar-refractivity contribution >= 4 is 29.7 Å². The topological polar surface area (TPSA) is 101 Å². The third-order valence-electron chi connectivity index (χ3n) is 3.15. The Hall–Kier alpha value is -0.760. The molecule has 0 bridgehead atoms. The summed E-state index contributed by atoms with van der Waals surface area (Å²) >= 11 is 1.54. The lowest BCUT2D eigenvalue weighted by Gasteiger charge is -2.09. The van der Waals surface area contributed by atoms with Crippen molar-refractivity contribution in [2.24, 2.45) is 11.7 Å². The van der Waals surface area contributed by atoms with Crippen LogP contribution in [0.4, 0.5) is 0 Å². The molecule has 2 rings (SSSR count). The Morgan fingerprint density at radius 1 is 1.53 bits per heavy atom. The van der Waals surface area contributed by atoms with Crippen molar-refractivity contribution in [3.05, 3.63) is 10.0 Å². The first-order valence-corrected chi connectivity index (χ1v) is 6.88. The van der Waals surface area contributed by atoms with Gasteiger partial charge in [-0.1, -0.05) is 0 Å². The van der Waals surface area contributed by atoms with Crippen LogP contribution in [0.25, 0.3) is 0 Å². The van der Waals surface area contributed by atoms with Crippen molar-refractivity contribution in [1.82, 2.24) is 15.5 Å². The zero-order valence-electron chi connectivity index (χ0n) is 10.7. The fourth-order valence-electron chi connectivity index (χ4n) is 2.14. The van der Waals surface area contributed by atoms with Gasteiger partial charge in [0.2, 0.25) is 5.91 Å². The summed E-state index contributed by atoms with van der Waals surface area (Å²) in [6.45, 7) is 2.45. The molecule has 1 aliphatic rings. The fourth-order valence-corrected chi connectivity index (χ4v) is 2.85. The van der Waals surface area contributed by atoms with Crippen LogP contribution < -0.4 is 11.1 Å². The predicted octanol–water partition coefficient (Wildman–Crippen LogP) is 0.0252. The molecular formula is C11H19ClN4O2S. The van der Waals surface area contributed by atoms with Gasteiger partial charge in [-0.25, -0.2) is 0 Å². The van der Waals surface area contributed by atoms with Crippen molar-refractivity contribution in [1.29, 1.82) is 0 Å². The highest BCUT2D eigenvalue weighted by atomic mass is 35.5. The van der Waals surface area contributed by atoms with E-state index in [0.717, 1.165) is 10.0 Å². The van der Waals surface area contributed by atoms with E-state index in [1.54, 1.807) is 0 Å². The quantitative estimate of drug-likeness (QED) is 0.728. The molecule has 108 valence electrons. The molecule has 1 fully saturated rings. The van der Waals surface area contributed by atoms with Gasteiger partial charge in [-0.05, 0) is 19.8 Å². The van der Waals surface area contributed by atoms with Gasteiger partial charge in [0, 0.05) is 24.9 Å². The number of nitrogens with one attached hydrogen (secondary N) is 1. The largest absolute Gasteiger partial charge is 0.391 e. The summed E-state index contributed by atoms with van der Waals surface area (Å²) in [5.74, 6) is -0.186. The monoisotopic (exact) mass is 306 g/mol. The molecule has 0 unspecified atom stereocenters. The van der Waals surface area contributed by atoms with E-state index in [-0.39, 0.29) is 30.3 Å². The molecule has 0 saturated heterocycles. The first-order valence-electron chi connectivity index (χ1n) is 6.06. The lowest BCUT2D eigenvalue weighted by Crippen LogP contribution is -2.32. The number of aliphatic hydroxyl groups is 1. The molecule has 4 N–H and O–H groups in total. The van der Waals surface area contributed by atoms with Crippen LogP contribution in [0.2, 0.25) is 0 Å². The van der Waals surface area contributed by atoms with E-state index in [1.165, 1.54) is 11.3 Å². The summed E-state index contributed by atoms with van der Waals surface area (Å²) in [4.78, 5) is 11.8. The molecule has 3 atom stereocenters. The Kier molecular flexibility index (Phi) is 6.12. The number of hydrogen-bond donors (Lipinski definition) is 3. The Labute approximate surface area is 122 Å². The Bertz CT molecular complexity index is 419. The summed E-state index contributed by atoms with van der Waals surface area (Å²) in [6, 6.07) is -0.272. The standard InChI is InChI=1S/C11H18N4O2S.ClH/c1-6-14-15-10(18-6)2-3-13-11(17)7-4-8(12)9(16)5-7;/h7-9,16H,2-5,12H2,1H3,(H,13,17);1H/t7-,8+,9+;/m0./s1. The highest BCUT2D eigenvalue weighted by Gasteiger charge is 2.34. The number of nitrogens with two attached hydrogens (primary N) is 1. The van der Waals surface area contributed by atoms with Gasteiger partial charge in [0.05, 0.1) is 6.10 Å². The molecule has 6 nitrogen and oxygen atoms in total. The number of rotatable bonds is 4. The number of carbonyl (C=O) groups excluding carboxylic acids is 1. The second-order valence-electron chi connectivity index (χ2n) is 4.66. The van der Waals surface area contributed by atoms with Crippen LogP contribution in [-0.4, -0.2) is 39.9 Å². The molecule has 1 aliphatic carbocycles. The normalized spacial score (nSPS) is 25.9. The number of aliphatic hydroxyl groups excluding tert-OH is 1. The van der Waals surface area contributed by atoms with E-state index in [9.17, 15) is 9.90 Å². The number of hydrogen-bond acceptors (Lipinski definition) is 6. The van der Waals surface area contributed by atoms with Gasteiger partial charge in [0.1, 0.15) is 10.0 Å². The molecule has 8 heteroatoms. The van der Waals surface area contributed by atoms with Crippen molar-refractivity contribution in [2.75, 3.05) is 6.54 Å². The minimum atomic E-state index is -0.549. The predicted molar refractivity (Wildman–Crippen MR) is 75.3 cm³/mol. The summed E-state index contributed by atoms with van der Waals surface area (Å²) in [7, 11) is 0. The number of carbonyl (C=O) groups is 1. The molecule has 19 heavy (non-hydrogen) atoms. The highest BCUT2D eigenvalue weighted by molar-refractivity contribution is 7.11. The number of nitrogens with zero attached hydrogens (tertiary/aromatic N) is 2. The third kappa shape index (κ3) is 4.38. The molecule has 1 heterocycles. The van der Waals surface area contributed by atoms with Crippen LogP contribution >= 0.6 is 23.7 Å². The van der Waals surface area contributed by atoms with E-state index in [0.29, 0.717) is 25.8 Å². The maximum atomic E-state index is 11.8. The number of aryl methyl sites for hydroxylation is 1. The van der Waals surface area contributed by atoms with E-state index in [2.05, 4.69) is 15.5 Å². The minimum absolute atomic E-state index is 0. The van der Waals surface area contributed by atoms with Crippen LogP contribution in [0.15, 0.2) is 0 Å². The van der Waals surface area contributed by atoms with Gasteiger partial charge in [-0.3, -0.25) is 4.79 Å². The second kappa shape index (κ2) is 7.14. The van der Waals surface area contributed by atoms with E-state index >= 15 is 0 Å². The molecular weight excluding hydrogens is 288 g/mol. The highest BCUT2D eigenvalue weighted by Crippen LogP contribution is 2.24. The van der Waals surface area contributed by atoms with Gasteiger partial charge < -0.3 is 16.2 Å². The summed E-state index contributed by atoms with van der Waals surface area (Å²) < 4.78 is 0. The zero-order chi connectivity index (χ0) is 13.1. The fraction of sp³-hybridized carbons (Fsp3) is 0.727. The molecule has 1 aromatic heterocycles. The first-order chi connectivity index (χ1) is 8.56. The van der Waals surface area contributed by atoms with Gasteiger partial charge in [-0.2, -0.15) is 0 Å². The molecule has 0 aliphatic heterocycles. The summed E-state index contributed by atoms with van der Waals surface area (Å²) in [5.41, 5.74) is 5.68. The lowest BCUT2D eigenvalue weighted by atomic mass is 10.1. The third-order valence-corrected chi connectivity index (χ3v) is 4.05. The molecule has 0 spiro atoms. The first kappa shape index (κ1) is 16.3. The average Bonchev–Trinajstić information content (AvgIpc) is 2.87. The zero-order valence-corrected chi connectivity index (χ0v) is 12.3. The van der Waals surface area contributed by atoms with Crippen molar-refractivity contribution in [3.8, 4) is 0 Å². The Morgan fingerprint density at radius 3 is 2.79 bits per heavy atom. The molecule has 0 radical (unpaired) electrons. The maximum Gasteiger partial charge on any atom is 0.223 e. The second-order valence-corrected chi connectivity index (χ2v) is 5.92. The number of halogens is 1. The maximum absolute atomic E-state index is 11.8. The number of amides is 1. The van der Waals surface area contributed by atoms with Crippen molar-refractivity contribution < 1.29 is 9.90 Å². The minimum Gasteiger partial charge on any atom is -0.391 e. The molecule has 0 aromatic carbocycles. The van der Waals surface area contributed by atoms with Gasteiger partial charge >= 0.3 is 0 Å². The van der Waals surface area contributed by atoms with Crippen LogP contribution in [0, 0.1) is 12.8 Å². The van der Waals surface area contributed by atoms with Gasteiger partial charge in [-0.15, -0.1) is 33.9 Å². The van der Waals surface area contributed by atoms with Crippen LogP contribution in [0.1, 0.15) is 22.9 Å². The number of aromatic nitrogens is 2. The van der Waals surface area contributed by atoms with Crippen molar-refractivity contribution in [3.63, 3.8) is 0 Å². The van der Waals surface area contributed by atoms with E-state index < -0.39 is 6.10 Å². The summed E-state index contributed by atoms with van der Waals surface area (Å²) in [6.07, 6.45) is 1.17. The molecule has 1 saturated carbocycles. The van der Waals surface area contributed by atoms with E-state index in [1.807, 2.05) is 6.92 Å². The van der Waals surface area contributed by atoms with E-state index in [4.69, 9.17) is 5.73 Å². The van der Waals surface area contributed by atoms with Gasteiger partial charge in [0.15, 0.2) is 0 Å². The Balaban J connectivity index is 0.00000180. The SMILES string of the molecule is Cc1nnc(CCNC(=O)[C@H]2C[C@@H](N)[C@H](O)C2)s1.Cl. The average molecular weight is 307 g/mol. The lowest BCUT2D eigenvalue weighted by molar-refractivity contribution is -0.125. The van der Waals surface area contributed by atoms with Crippen LogP contribution in [-0.2, 0) is 11.2 Å². The smallest absolute Gasteiger partial charge is 0.223 e. The van der Waals surface area contributed by atoms with Crippen LogP contribution in [0.3, 0.4) is 0 Å². The molecule has 1 amide bonds. The van der Waals surface area contributed by atoms with Gasteiger partial charge in [0.25, 0.3) is 0 Å². The summed E-state index contributed by atoms with van der Waals surface area (Å²) in [5, 5.41) is 22.1. The molecule has 1 aromatic rings. The Morgan fingerprint density at radius 2 is 2.26 bits per heavy atom. The van der Waals surface area contributed by atoms with Crippen LogP contribution in [0.5, 0.6) is 0 Å². The van der Waals surface area contributed by atoms with Crippen molar-refractivity contribution in [2.45, 2.75) is 38.3 Å².